The molecule has 0 unspecified atom stereocenters. The summed E-state index contributed by atoms with van der Waals surface area (Å²) < 4.78 is 30.8. The van der Waals surface area contributed by atoms with Gasteiger partial charge in [-0.2, -0.15) is 0 Å². The number of anilines is 1. The SMILES string of the molecule is CCCCc1ccc(S(=O)(=O)c2cnc(SCC(=O)Nc3cccc(C(=O)OCC)c3)[nH]c2=O)cc1. The van der Waals surface area contributed by atoms with Gasteiger partial charge < -0.3 is 15.0 Å². The van der Waals surface area contributed by atoms with Crippen molar-refractivity contribution in [3.63, 3.8) is 0 Å². The van der Waals surface area contributed by atoms with E-state index in [1.807, 2.05) is 0 Å². The Bertz CT molecular complexity index is 1390. The topological polar surface area (TPSA) is 135 Å². The summed E-state index contributed by atoms with van der Waals surface area (Å²) in [4.78, 5) is 42.7. The number of hydrogen-bond donors (Lipinski definition) is 2. The number of aromatic amines is 1. The van der Waals surface area contributed by atoms with Crippen molar-refractivity contribution < 1.29 is 22.7 Å². The van der Waals surface area contributed by atoms with Gasteiger partial charge in [-0.1, -0.05) is 43.3 Å². The summed E-state index contributed by atoms with van der Waals surface area (Å²) in [5.41, 5.74) is 0.932. The molecule has 1 heterocycles. The summed E-state index contributed by atoms with van der Waals surface area (Å²) in [6.45, 7) is 4.02. The highest BCUT2D eigenvalue weighted by atomic mass is 32.2. The lowest BCUT2D eigenvalue weighted by atomic mass is 10.1. The molecule has 3 rings (SSSR count). The van der Waals surface area contributed by atoms with Crippen LogP contribution in [-0.2, 0) is 25.8 Å². The van der Waals surface area contributed by atoms with E-state index in [1.165, 1.54) is 18.2 Å². The maximum Gasteiger partial charge on any atom is 0.338 e. The van der Waals surface area contributed by atoms with Crippen LogP contribution in [0.2, 0.25) is 0 Å². The molecule has 1 amide bonds. The first-order valence-electron chi connectivity index (χ1n) is 11.4. The van der Waals surface area contributed by atoms with Crippen molar-refractivity contribution in [1.82, 2.24) is 9.97 Å². The Morgan fingerprint density at radius 1 is 1.11 bits per heavy atom. The van der Waals surface area contributed by atoms with Crippen molar-refractivity contribution in [3.8, 4) is 0 Å². The van der Waals surface area contributed by atoms with Gasteiger partial charge in [-0.05, 0) is 55.7 Å². The molecule has 0 aliphatic heterocycles. The minimum Gasteiger partial charge on any atom is -0.462 e. The number of benzene rings is 2. The number of nitrogens with zero attached hydrogens (tertiary/aromatic N) is 1. The molecule has 0 aliphatic rings. The highest BCUT2D eigenvalue weighted by molar-refractivity contribution is 7.99. The van der Waals surface area contributed by atoms with E-state index in [0.717, 1.165) is 42.8 Å². The molecular weight excluding hydrogens is 502 g/mol. The van der Waals surface area contributed by atoms with Crippen LogP contribution in [0.3, 0.4) is 0 Å². The Balaban J connectivity index is 1.64. The molecule has 0 spiro atoms. The van der Waals surface area contributed by atoms with Crippen molar-refractivity contribution in [1.29, 1.82) is 0 Å². The lowest BCUT2D eigenvalue weighted by molar-refractivity contribution is -0.113. The number of esters is 1. The number of rotatable bonds is 11. The van der Waals surface area contributed by atoms with E-state index in [1.54, 1.807) is 37.3 Å². The highest BCUT2D eigenvalue weighted by Crippen LogP contribution is 2.20. The van der Waals surface area contributed by atoms with Gasteiger partial charge in [-0.15, -0.1) is 0 Å². The van der Waals surface area contributed by atoms with E-state index < -0.39 is 32.2 Å². The minimum absolute atomic E-state index is 0.0138. The van der Waals surface area contributed by atoms with Gasteiger partial charge in [0.1, 0.15) is 0 Å². The average Bonchev–Trinajstić information content (AvgIpc) is 2.86. The first-order valence-corrected chi connectivity index (χ1v) is 13.8. The van der Waals surface area contributed by atoms with Gasteiger partial charge in [0.05, 0.1) is 29.0 Å². The van der Waals surface area contributed by atoms with Crippen LogP contribution >= 0.6 is 11.8 Å². The number of hydrogen-bond acceptors (Lipinski definition) is 8. The number of aryl methyl sites for hydroxylation is 1. The molecule has 0 bridgehead atoms. The standard InChI is InChI=1S/C25H27N3O6S2/c1-3-5-7-17-10-12-20(13-11-17)36(32,33)21-15-26-25(28-23(21)30)35-16-22(29)27-19-9-6-8-18(14-19)24(31)34-4-2/h6,8-15H,3-5,7,16H2,1-2H3,(H,27,29)(H,26,28,30). The van der Waals surface area contributed by atoms with Crippen LogP contribution in [0.4, 0.5) is 5.69 Å². The molecule has 190 valence electrons. The van der Waals surface area contributed by atoms with Crippen molar-refractivity contribution in [3.05, 3.63) is 76.2 Å². The second-order valence-electron chi connectivity index (χ2n) is 7.77. The van der Waals surface area contributed by atoms with E-state index in [4.69, 9.17) is 4.74 Å². The minimum atomic E-state index is -4.04. The van der Waals surface area contributed by atoms with Crippen LogP contribution in [0.1, 0.15) is 42.6 Å². The Labute approximate surface area is 213 Å². The third-order valence-electron chi connectivity index (χ3n) is 5.08. The molecular formula is C25H27N3O6S2. The number of carbonyl (C=O) groups excluding carboxylic acids is 2. The second-order valence-corrected chi connectivity index (χ2v) is 10.7. The van der Waals surface area contributed by atoms with Crippen molar-refractivity contribution in [2.24, 2.45) is 0 Å². The number of amides is 1. The zero-order valence-electron chi connectivity index (χ0n) is 19.9. The lowest BCUT2D eigenvalue weighted by Crippen LogP contribution is -2.20. The summed E-state index contributed by atoms with van der Waals surface area (Å²) in [6, 6.07) is 12.8. The maximum atomic E-state index is 12.9. The van der Waals surface area contributed by atoms with Crippen LogP contribution in [0.5, 0.6) is 0 Å². The summed E-state index contributed by atoms with van der Waals surface area (Å²) >= 11 is 0.940. The zero-order chi connectivity index (χ0) is 26.1. The third-order valence-corrected chi connectivity index (χ3v) is 7.73. The van der Waals surface area contributed by atoms with Crippen LogP contribution in [-0.4, -0.2) is 42.6 Å². The first-order chi connectivity index (χ1) is 17.2. The number of H-pyrrole nitrogens is 1. The Hall–Kier alpha value is -3.44. The fraction of sp³-hybridized carbons (Fsp3) is 0.280. The smallest absolute Gasteiger partial charge is 0.338 e. The summed E-state index contributed by atoms with van der Waals surface area (Å²) in [5, 5.41) is 2.76. The lowest BCUT2D eigenvalue weighted by Gasteiger charge is -2.08. The van der Waals surface area contributed by atoms with Gasteiger partial charge in [0.15, 0.2) is 10.1 Å². The first kappa shape index (κ1) is 27.2. The molecule has 9 nitrogen and oxygen atoms in total. The van der Waals surface area contributed by atoms with Crippen LogP contribution < -0.4 is 10.9 Å². The molecule has 2 aromatic carbocycles. The Kier molecular flexibility index (Phi) is 9.43. The molecule has 36 heavy (non-hydrogen) atoms. The molecule has 0 radical (unpaired) electrons. The number of aromatic nitrogens is 2. The van der Waals surface area contributed by atoms with Crippen molar-refractivity contribution in [2.75, 3.05) is 17.7 Å². The number of ether oxygens (including phenoxy) is 1. The third kappa shape index (κ3) is 7.05. The van der Waals surface area contributed by atoms with E-state index in [2.05, 4.69) is 22.2 Å². The van der Waals surface area contributed by atoms with Crippen LogP contribution in [0.15, 0.2) is 74.5 Å². The average molecular weight is 530 g/mol. The molecule has 3 aromatic rings. The van der Waals surface area contributed by atoms with Crippen LogP contribution in [0, 0.1) is 0 Å². The monoisotopic (exact) mass is 529 g/mol. The summed E-state index contributed by atoms with van der Waals surface area (Å²) in [5.74, 6) is -0.992. The van der Waals surface area contributed by atoms with E-state index >= 15 is 0 Å². The molecule has 1 aromatic heterocycles. The van der Waals surface area contributed by atoms with Crippen LogP contribution in [0.25, 0.3) is 0 Å². The molecule has 0 fully saturated rings. The van der Waals surface area contributed by atoms with Gasteiger partial charge >= 0.3 is 5.97 Å². The van der Waals surface area contributed by atoms with Gasteiger partial charge in [-0.3, -0.25) is 9.59 Å². The van der Waals surface area contributed by atoms with Gasteiger partial charge in [0.25, 0.3) is 5.56 Å². The number of thioether (sulfide) groups is 1. The molecule has 0 saturated carbocycles. The summed E-state index contributed by atoms with van der Waals surface area (Å²) in [6.07, 6.45) is 3.90. The predicted octanol–water partition coefficient (Wildman–Crippen LogP) is 3.85. The fourth-order valence-corrected chi connectivity index (χ4v) is 5.11. The molecule has 0 saturated heterocycles. The fourth-order valence-electron chi connectivity index (χ4n) is 3.24. The largest absolute Gasteiger partial charge is 0.462 e. The van der Waals surface area contributed by atoms with E-state index in [0.29, 0.717) is 11.3 Å². The van der Waals surface area contributed by atoms with E-state index in [9.17, 15) is 22.8 Å². The van der Waals surface area contributed by atoms with Gasteiger partial charge in [0.2, 0.25) is 15.7 Å². The number of carbonyl (C=O) groups is 2. The number of unbranched alkanes of at least 4 members (excludes halogenated alkanes) is 1. The number of nitrogens with one attached hydrogen (secondary N) is 2. The van der Waals surface area contributed by atoms with Gasteiger partial charge in [0, 0.05) is 5.69 Å². The van der Waals surface area contributed by atoms with Crippen molar-refractivity contribution >= 4 is 39.2 Å². The maximum absolute atomic E-state index is 12.9. The highest BCUT2D eigenvalue weighted by Gasteiger charge is 2.22. The summed E-state index contributed by atoms with van der Waals surface area (Å²) in [7, 11) is -4.04. The van der Waals surface area contributed by atoms with Gasteiger partial charge in [-0.25, -0.2) is 18.2 Å². The second kappa shape index (κ2) is 12.5. The van der Waals surface area contributed by atoms with Crippen molar-refractivity contribution in [2.45, 2.75) is 48.1 Å². The predicted molar refractivity (Wildman–Crippen MR) is 137 cm³/mol. The molecule has 2 N–H and O–H groups in total. The quantitative estimate of drug-likeness (QED) is 0.217. The molecule has 0 aliphatic carbocycles. The van der Waals surface area contributed by atoms with E-state index in [-0.39, 0.29) is 22.4 Å². The molecule has 11 heteroatoms. The zero-order valence-corrected chi connectivity index (χ0v) is 21.6. The Morgan fingerprint density at radius 2 is 1.86 bits per heavy atom. The normalized spacial score (nSPS) is 11.2. The number of sulfone groups is 1. The molecule has 0 atom stereocenters. The Morgan fingerprint density at radius 3 is 2.53 bits per heavy atom.